The van der Waals surface area contributed by atoms with E-state index < -0.39 is 10.0 Å². The van der Waals surface area contributed by atoms with Crippen molar-refractivity contribution >= 4 is 20.9 Å². The van der Waals surface area contributed by atoms with Crippen LogP contribution in [0.15, 0.2) is 35.4 Å². The van der Waals surface area contributed by atoms with Gasteiger partial charge in [0.1, 0.15) is 0 Å². The van der Waals surface area contributed by atoms with Gasteiger partial charge in [-0.05, 0) is 43.7 Å². The van der Waals surface area contributed by atoms with Crippen LogP contribution in [0, 0.1) is 6.92 Å². The summed E-state index contributed by atoms with van der Waals surface area (Å²) in [6.45, 7) is 2.80. The first-order valence-corrected chi connectivity index (χ1v) is 7.93. The fourth-order valence-electron chi connectivity index (χ4n) is 2.11. The summed E-state index contributed by atoms with van der Waals surface area (Å²) < 4.78 is 26.6. The minimum atomic E-state index is -3.52. The number of nitrogens with two attached hydrogens (primary N) is 1. The van der Waals surface area contributed by atoms with Crippen molar-refractivity contribution in [2.24, 2.45) is 5.73 Å². The van der Waals surface area contributed by atoms with E-state index in [0.29, 0.717) is 29.8 Å². The molecule has 0 aliphatic heterocycles. The largest absolute Gasteiger partial charge is 0.330 e. The van der Waals surface area contributed by atoms with E-state index >= 15 is 0 Å². The van der Waals surface area contributed by atoms with Crippen LogP contribution in [0.25, 0.3) is 10.9 Å². The molecule has 0 saturated carbocycles. The van der Waals surface area contributed by atoms with Crippen molar-refractivity contribution in [3.63, 3.8) is 0 Å². The number of rotatable bonds is 5. The van der Waals surface area contributed by atoms with E-state index in [4.69, 9.17) is 5.73 Å². The third kappa shape index (κ3) is 2.67. The zero-order chi connectivity index (χ0) is 14.8. The van der Waals surface area contributed by atoms with Gasteiger partial charge in [-0.3, -0.25) is 4.98 Å². The van der Waals surface area contributed by atoms with E-state index in [0.717, 1.165) is 11.1 Å². The third-order valence-electron chi connectivity index (χ3n) is 3.30. The molecular formula is C14H19N3O2S. The van der Waals surface area contributed by atoms with Crippen LogP contribution < -0.4 is 5.73 Å². The van der Waals surface area contributed by atoms with E-state index in [1.807, 2.05) is 6.92 Å². The van der Waals surface area contributed by atoms with Gasteiger partial charge >= 0.3 is 0 Å². The minimum absolute atomic E-state index is 0.297. The van der Waals surface area contributed by atoms with Crippen LogP contribution in [0.4, 0.5) is 0 Å². The quantitative estimate of drug-likeness (QED) is 0.906. The summed E-state index contributed by atoms with van der Waals surface area (Å²) in [5.74, 6) is 0. The van der Waals surface area contributed by atoms with Gasteiger partial charge < -0.3 is 5.73 Å². The van der Waals surface area contributed by atoms with E-state index in [2.05, 4.69) is 4.98 Å². The maximum absolute atomic E-state index is 12.6. The molecule has 0 aliphatic carbocycles. The lowest BCUT2D eigenvalue weighted by Crippen LogP contribution is -2.29. The van der Waals surface area contributed by atoms with Gasteiger partial charge in [0.25, 0.3) is 0 Å². The Balaban J connectivity index is 2.55. The molecule has 0 saturated heterocycles. The van der Waals surface area contributed by atoms with Crippen LogP contribution >= 0.6 is 0 Å². The number of fused-ring (bicyclic) bond motifs is 1. The highest BCUT2D eigenvalue weighted by atomic mass is 32.2. The van der Waals surface area contributed by atoms with Gasteiger partial charge in [0.2, 0.25) is 10.0 Å². The topological polar surface area (TPSA) is 76.3 Å². The molecule has 2 aromatic rings. The van der Waals surface area contributed by atoms with E-state index in [1.54, 1.807) is 37.5 Å². The van der Waals surface area contributed by atoms with E-state index in [9.17, 15) is 8.42 Å². The number of sulfonamides is 1. The number of aryl methyl sites for hydroxylation is 1. The van der Waals surface area contributed by atoms with Crippen molar-refractivity contribution in [2.75, 3.05) is 20.1 Å². The molecule has 20 heavy (non-hydrogen) atoms. The molecular weight excluding hydrogens is 274 g/mol. The summed E-state index contributed by atoms with van der Waals surface area (Å²) in [7, 11) is -1.94. The van der Waals surface area contributed by atoms with Crippen molar-refractivity contribution in [1.82, 2.24) is 9.29 Å². The maximum atomic E-state index is 12.6. The molecule has 0 fully saturated rings. The van der Waals surface area contributed by atoms with E-state index in [1.165, 1.54) is 4.31 Å². The molecule has 0 aliphatic rings. The van der Waals surface area contributed by atoms with Gasteiger partial charge in [-0.25, -0.2) is 12.7 Å². The first-order chi connectivity index (χ1) is 9.48. The second-order valence-electron chi connectivity index (χ2n) is 4.75. The fraction of sp³-hybridized carbons (Fsp3) is 0.357. The molecule has 0 radical (unpaired) electrons. The second kappa shape index (κ2) is 5.87. The smallest absolute Gasteiger partial charge is 0.243 e. The van der Waals surface area contributed by atoms with Crippen molar-refractivity contribution in [2.45, 2.75) is 18.2 Å². The number of benzene rings is 1. The number of hydrogen-bond acceptors (Lipinski definition) is 4. The van der Waals surface area contributed by atoms with Crippen molar-refractivity contribution in [3.8, 4) is 0 Å². The SMILES string of the molecule is Cc1ccc(S(=O)(=O)N(C)CCCN)c2cccnc12. The Labute approximate surface area is 119 Å². The number of nitrogens with zero attached hydrogens (tertiary/aromatic N) is 2. The van der Waals surface area contributed by atoms with Gasteiger partial charge in [0, 0.05) is 25.2 Å². The van der Waals surface area contributed by atoms with Gasteiger partial charge in [0.15, 0.2) is 0 Å². The molecule has 1 aromatic carbocycles. The Kier molecular flexibility index (Phi) is 4.37. The monoisotopic (exact) mass is 293 g/mol. The van der Waals surface area contributed by atoms with Crippen LogP contribution in [0.3, 0.4) is 0 Å². The normalized spacial score (nSPS) is 12.2. The highest BCUT2D eigenvalue weighted by Crippen LogP contribution is 2.26. The molecule has 2 rings (SSSR count). The molecule has 0 atom stereocenters. The van der Waals surface area contributed by atoms with Crippen LogP contribution in [0.2, 0.25) is 0 Å². The molecule has 0 bridgehead atoms. The zero-order valence-corrected chi connectivity index (χ0v) is 12.5. The lowest BCUT2D eigenvalue weighted by molar-refractivity contribution is 0.464. The summed E-state index contributed by atoms with van der Waals surface area (Å²) in [4.78, 5) is 4.57. The lowest BCUT2D eigenvalue weighted by Gasteiger charge is -2.18. The molecule has 1 aromatic heterocycles. The van der Waals surface area contributed by atoms with Crippen molar-refractivity contribution in [3.05, 3.63) is 36.0 Å². The standard InChI is InChI=1S/C14H19N3O2S/c1-11-6-7-13(12-5-3-9-16-14(11)12)20(18,19)17(2)10-4-8-15/h3,5-7,9H,4,8,10,15H2,1-2H3. The fourth-order valence-corrected chi connectivity index (χ4v) is 3.50. The van der Waals surface area contributed by atoms with Gasteiger partial charge in [-0.2, -0.15) is 0 Å². The second-order valence-corrected chi connectivity index (χ2v) is 6.76. The maximum Gasteiger partial charge on any atom is 0.243 e. The Hall–Kier alpha value is -1.50. The first kappa shape index (κ1) is 14.9. The Morgan fingerprint density at radius 2 is 2.05 bits per heavy atom. The van der Waals surface area contributed by atoms with Crippen LogP contribution in [-0.2, 0) is 10.0 Å². The Bertz CT molecular complexity index is 713. The molecule has 108 valence electrons. The summed E-state index contributed by atoms with van der Waals surface area (Å²) in [5.41, 5.74) is 7.12. The number of hydrogen-bond donors (Lipinski definition) is 1. The lowest BCUT2D eigenvalue weighted by atomic mass is 10.1. The van der Waals surface area contributed by atoms with Gasteiger partial charge in [-0.1, -0.05) is 6.07 Å². The van der Waals surface area contributed by atoms with Crippen molar-refractivity contribution < 1.29 is 8.42 Å². The average Bonchev–Trinajstić information content (AvgIpc) is 2.45. The van der Waals surface area contributed by atoms with Crippen LogP contribution in [0.1, 0.15) is 12.0 Å². The average molecular weight is 293 g/mol. The van der Waals surface area contributed by atoms with Gasteiger partial charge in [-0.15, -0.1) is 0 Å². The molecule has 2 N–H and O–H groups in total. The Morgan fingerprint density at radius 3 is 2.75 bits per heavy atom. The first-order valence-electron chi connectivity index (χ1n) is 6.49. The molecule has 0 spiro atoms. The molecule has 5 nitrogen and oxygen atoms in total. The predicted octanol–water partition coefficient (Wildman–Crippen LogP) is 1.51. The highest BCUT2D eigenvalue weighted by Gasteiger charge is 2.23. The third-order valence-corrected chi connectivity index (χ3v) is 5.21. The molecule has 0 unspecified atom stereocenters. The minimum Gasteiger partial charge on any atom is -0.330 e. The summed E-state index contributed by atoms with van der Waals surface area (Å²) in [6, 6.07) is 6.98. The summed E-state index contributed by atoms with van der Waals surface area (Å²) >= 11 is 0. The van der Waals surface area contributed by atoms with E-state index in [-0.39, 0.29) is 0 Å². The zero-order valence-electron chi connectivity index (χ0n) is 11.7. The highest BCUT2D eigenvalue weighted by molar-refractivity contribution is 7.89. The molecule has 0 amide bonds. The van der Waals surface area contributed by atoms with Crippen LogP contribution in [-0.4, -0.2) is 37.8 Å². The number of aromatic nitrogens is 1. The molecule has 1 heterocycles. The number of pyridine rings is 1. The molecule has 6 heteroatoms. The summed E-state index contributed by atoms with van der Waals surface area (Å²) in [5, 5.41) is 0.659. The summed E-state index contributed by atoms with van der Waals surface area (Å²) in [6.07, 6.45) is 2.31. The van der Waals surface area contributed by atoms with Crippen LogP contribution in [0.5, 0.6) is 0 Å². The van der Waals surface area contributed by atoms with Gasteiger partial charge in [0.05, 0.1) is 10.4 Å². The predicted molar refractivity (Wildman–Crippen MR) is 80.0 cm³/mol. The Morgan fingerprint density at radius 1 is 1.30 bits per heavy atom. The van der Waals surface area contributed by atoms with Crippen molar-refractivity contribution in [1.29, 1.82) is 0 Å².